The molecule has 4 rings (SSSR count). The lowest BCUT2D eigenvalue weighted by atomic mass is 9.95. The van der Waals surface area contributed by atoms with Gasteiger partial charge in [0, 0.05) is 15.9 Å². The maximum atomic E-state index is 13.2. The molecule has 0 radical (unpaired) electrons. The number of carbonyl (C=O) groups excluding carboxylic acids is 1. The first-order valence-corrected chi connectivity index (χ1v) is 10.7. The number of allylic oxidation sites excluding steroid dienone is 1. The molecule has 1 aromatic heterocycles. The fraction of sp³-hybridized carbons (Fsp3) is 0.150. The Hall–Kier alpha value is -2.58. The number of thioether (sulfide) groups is 1. The number of anilines is 2. The van der Waals surface area contributed by atoms with E-state index in [4.69, 9.17) is 0 Å². The van der Waals surface area contributed by atoms with Crippen molar-refractivity contribution >= 4 is 45.2 Å². The van der Waals surface area contributed by atoms with Crippen LogP contribution in [0.4, 0.5) is 11.6 Å². The van der Waals surface area contributed by atoms with Crippen molar-refractivity contribution in [3.8, 4) is 0 Å². The molecule has 28 heavy (non-hydrogen) atoms. The SMILES string of the molecule is CSc1nc2n(n1)[C@H](c1cccc(Br)c1)C(C(=O)Nc1ccccc1)=C(C)N2. The van der Waals surface area contributed by atoms with Gasteiger partial charge in [0.05, 0.1) is 5.57 Å². The second kappa shape index (κ2) is 7.81. The highest BCUT2D eigenvalue weighted by molar-refractivity contribution is 9.10. The molecule has 2 aromatic carbocycles. The molecular formula is C20H18BrN5OS. The summed E-state index contributed by atoms with van der Waals surface area (Å²) in [5.74, 6) is 0.455. The predicted molar refractivity (Wildman–Crippen MR) is 115 cm³/mol. The summed E-state index contributed by atoms with van der Waals surface area (Å²) in [6.07, 6.45) is 1.93. The molecule has 3 aromatic rings. The lowest BCUT2D eigenvalue weighted by molar-refractivity contribution is -0.113. The molecule has 0 aliphatic carbocycles. The molecule has 0 saturated carbocycles. The zero-order valence-electron chi connectivity index (χ0n) is 15.3. The number of nitrogens with zero attached hydrogens (tertiary/aromatic N) is 3. The smallest absolute Gasteiger partial charge is 0.255 e. The Kier molecular flexibility index (Phi) is 5.23. The number of hydrogen-bond acceptors (Lipinski definition) is 5. The fourth-order valence-electron chi connectivity index (χ4n) is 3.22. The molecule has 0 bridgehead atoms. The van der Waals surface area contributed by atoms with Crippen LogP contribution in [0.15, 0.2) is 75.5 Å². The van der Waals surface area contributed by atoms with Gasteiger partial charge in [0.25, 0.3) is 5.91 Å². The van der Waals surface area contributed by atoms with Crippen molar-refractivity contribution in [2.75, 3.05) is 16.9 Å². The van der Waals surface area contributed by atoms with Gasteiger partial charge in [-0.05, 0) is 43.0 Å². The van der Waals surface area contributed by atoms with Gasteiger partial charge in [0.15, 0.2) is 0 Å². The van der Waals surface area contributed by atoms with Crippen molar-refractivity contribution in [2.45, 2.75) is 18.1 Å². The summed E-state index contributed by atoms with van der Waals surface area (Å²) in [4.78, 5) is 17.8. The normalized spacial score (nSPS) is 15.8. The highest BCUT2D eigenvalue weighted by atomic mass is 79.9. The second-order valence-corrected chi connectivity index (χ2v) is 8.00. The van der Waals surface area contributed by atoms with Gasteiger partial charge in [0.2, 0.25) is 11.1 Å². The first kappa shape index (κ1) is 18.8. The van der Waals surface area contributed by atoms with Gasteiger partial charge in [-0.15, -0.1) is 5.10 Å². The highest BCUT2D eigenvalue weighted by Gasteiger charge is 2.34. The molecule has 6 nitrogen and oxygen atoms in total. The van der Waals surface area contributed by atoms with E-state index in [1.165, 1.54) is 11.8 Å². The van der Waals surface area contributed by atoms with Gasteiger partial charge in [0.1, 0.15) is 6.04 Å². The minimum absolute atomic E-state index is 0.173. The van der Waals surface area contributed by atoms with E-state index < -0.39 is 0 Å². The van der Waals surface area contributed by atoms with Crippen molar-refractivity contribution in [1.82, 2.24) is 14.8 Å². The summed E-state index contributed by atoms with van der Waals surface area (Å²) in [7, 11) is 0. The van der Waals surface area contributed by atoms with E-state index in [0.717, 1.165) is 21.4 Å². The van der Waals surface area contributed by atoms with Crippen LogP contribution in [0.5, 0.6) is 0 Å². The number of nitrogens with one attached hydrogen (secondary N) is 2. The topological polar surface area (TPSA) is 71.8 Å². The highest BCUT2D eigenvalue weighted by Crippen LogP contribution is 2.37. The van der Waals surface area contributed by atoms with E-state index in [-0.39, 0.29) is 11.9 Å². The van der Waals surface area contributed by atoms with E-state index in [2.05, 4.69) is 36.6 Å². The van der Waals surface area contributed by atoms with Crippen LogP contribution in [0.2, 0.25) is 0 Å². The zero-order chi connectivity index (χ0) is 19.7. The third-order valence-electron chi connectivity index (χ3n) is 4.46. The number of hydrogen-bond donors (Lipinski definition) is 2. The summed E-state index contributed by atoms with van der Waals surface area (Å²) in [5.41, 5.74) is 3.06. The Morgan fingerprint density at radius 1 is 1.21 bits per heavy atom. The van der Waals surface area contributed by atoms with Crippen molar-refractivity contribution in [1.29, 1.82) is 0 Å². The van der Waals surface area contributed by atoms with Gasteiger partial charge >= 0.3 is 0 Å². The van der Waals surface area contributed by atoms with Crippen LogP contribution in [0, 0.1) is 0 Å². The van der Waals surface area contributed by atoms with Crippen molar-refractivity contribution < 1.29 is 4.79 Å². The van der Waals surface area contributed by atoms with Crippen LogP contribution < -0.4 is 10.6 Å². The number of amides is 1. The van der Waals surface area contributed by atoms with E-state index in [0.29, 0.717) is 16.7 Å². The summed E-state index contributed by atoms with van der Waals surface area (Å²) in [6.45, 7) is 1.89. The summed E-state index contributed by atoms with van der Waals surface area (Å²) < 4.78 is 2.72. The van der Waals surface area contributed by atoms with Crippen LogP contribution in [-0.2, 0) is 4.79 Å². The van der Waals surface area contributed by atoms with Crippen molar-refractivity contribution in [3.05, 3.63) is 75.9 Å². The maximum Gasteiger partial charge on any atom is 0.255 e. The van der Waals surface area contributed by atoms with Crippen molar-refractivity contribution in [2.24, 2.45) is 0 Å². The first-order valence-electron chi connectivity index (χ1n) is 8.67. The maximum absolute atomic E-state index is 13.2. The number of fused-ring (bicyclic) bond motifs is 1. The Bertz CT molecular complexity index is 1060. The van der Waals surface area contributed by atoms with Gasteiger partial charge in [-0.3, -0.25) is 4.79 Å². The van der Waals surface area contributed by atoms with E-state index in [9.17, 15) is 4.79 Å². The number of para-hydroxylation sites is 1. The number of halogens is 1. The largest absolute Gasteiger partial charge is 0.328 e. The van der Waals surface area contributed by atoms with Crippen LogP contribution in [0.1, 0.15) is 18.5 Å². The molecule has 0 spiro atoms. The van der Waals surface area contributed by atoms with Gasteiger partial charge < -0.3 is 10.6 Å². The molecule has 142 valence electrons. The average molecular weight is 456 g/mol. The fourth-order valence-corrected chi connectivity index (χ4v) is 3.98. The minimum Gasteiger partial charge on any atom is -0.328 e. The number of carbonyl (C=O) groups is 1. The molecular weight excluding hydrogens is 438 g/mol. The molecule has 2 heterocycles. The quantitative estimate of drug-likeness (QED) is 0.558. The minimum atomic E-state index is -0.383. The van der Waals surface area contributed by atoms with Crippen molar-refractivity contribution in [3.63, 3.8) is 0 Å². The Morgan fingerprint density at radius 3 is 2.71 bits per heavy atom. The molecule has 0 unspecified atom stereocenters. The molecule has 0 saturated heterocycles. The molecule has 1 aliphatic rings. The third-order valence-corrected chi connectivity index (χ3v) is 5.49. The number of benzene rings is 2. The molecule has 1 atom stereocenters. The van der Waals surface area contributed by atoms with Gasteiger partial charge in [-0.2, -0.15) is 4.98 Å². The summed E-state index contributed by atoms with van der Waals surface area (Å²) in [5, 5.41) is 11.5. The lowest BCUT2D eigenvalue weighted by Gasteiger charge is -2.28. The number of aromatic nitrogens is 3. The molecule has 1 aliphatic heterocycles. The second-order valence-electron chi connectivity index (χ2n) is 6.31. The Labute approximate surface area is 175 Å². The molecule has 1 amide bonds. The predicted octanol–water partition coefficient (Wildman–Crippen LogP) is 4.69. The average Bonchev–Trinajstić information content (AvgIpc) is 3.10. The Morgan fingerprint density at radius 2 is 2.00 bits per heavy atom. The van der Waals surface area contributed by atoms with Crippen LogP contribution in [0.3, 0.4) is 0 Å². The van der Waals surface area contributed by atoms with Crippen LogP contribution in [-0.4, -0.2) is 26.9 Å². The molecule has 2 N–H and O–H groups in total. The number of rotatable bonds is 4. The van der Waals surface area contributed by atoms with E-state index >= 15 is 0 Å². The van der Waals surface area contributed by atoms with Gasteiger partial charge in [-0.1, -0.05) is 58.0 Å². The first-order chi connectivity index (χ1) is 13.6. The summed E-state index contributed by atoms with van der Waals surface area (Å²) >= 11 is 5.00. The third kappa shape index (κ3) is 3.57. The van der Waals surface area contributed by atoms with E-state index in [1.54, 1.807) is 4.68 Å². The summed E-state index contributed by atoms with van der Waals surface area (Å²) in [6, 6.07) is 17.0. The van der Waals surface area contributed by atoms with Gasteiger partial charge in [-0.25, -0.2) is 4.68 Å². The Balaban J connectivity index is 1.81. The molecule has 0 fully saturated rings. The van der Waals surface area contributed by atoms with Crippen LogP contribution >= 0.6 is 27.7 Å². The zero-order valence-corrected chi connectivity index (χ0v) is 17.7. The standard InChI is InChI=1S/C20H18BrN5OS/c1-12-16(18(27)23-15-9-4-3-5-10-15)17(13-7-6-8-14(21)11-13)26-19(22-12)24-20(25-26)28-2/h3-11,17H,1-2H3,(H,23,27)(H,22,24,25)/t17-/m1/s1. The monoisotopic (exact) mass is 455 g/mol. The molecule has 8 heteroatoms. The van der Waals surface area contributed by atoms with E-state index in [1.807, 2.05) is 67.8 Å². The lowest BCUT2D eigenvalue weighted by Crippen LogP contribution is -2.31. The van der Waals surface area contributed by atoms with Crippen LogP contribution in [0.25, 0.3) is 0 Å².